The van der Waals surface area contributed by atoms with Crippen molar-refractivity contribution in [2.24, 2.45) is 0 Å². The van der Waals surface area contributed by atoms with Gasteiger partial charge in [-0.2, -0.15) is 0 Å². The third-order valence-electron chi connectivity index (χ3n) is 2.61. The highest BCUT2D eigenvalue weighted by Crippen LogP contribution is 2.21. The number of nitrogens with one attached hydrogen (secondary N) is 1. The molecular formula is C13H9F2N3O3. The van der Waals surface area contributed by atoms with E-state index in [4.69, 9.17) is 5.73 Å². The zero-order valence-corrected chi connectivity index (χ0v) is 10.5. The van der Waals surface area contributed by atoms with Crippen molar-refractivity contribution < 1.29 is 18.5 Å². The largest absolute Gasteiger partial charge is 0.398 e. The van der Waals surface area contributed by atoms with Crippen molar-refractivity contribution in [1.29, 1.82) is 0 Å². The van der Waals surface area contributed by atoms with Crippen molar-refractivity contribution in [3.05, 3.63) is 63.7 Å². The van der Waals surface area contributed by atoms with Crippen molar-refractivity contribution >= 4 is 23.0 Å². The molecule has 0 fully saturated rings. The molecule has 0 bridgehead atoms. The highest BCUT2D eigenvalue weighted by atomic mass is 19.1. The summed E-state index contributed by atoms with van der Waals surface area (Å²) in [5, 5.41) is 12.8. The van der Waals surface area contributed by atoms with Crippen LogP contribution in [0.5, 0.6) is 0 Å². The smallest absolute Gasteiger partial charge is 0.274 e. The summed E-state index contributed by atoms with van der Waals surface area (Å²) < 4.78 is 26.3. The van der Waals surface area contributed by atoms with E-state index in [1.54, 1.807) is 0 Å². The first-order valence-electron chi connectivity index (χ1n) is 5.68. The van der Waals surface area contributed by atoms with E-state index in [1.807, 2.05) is 0 Å². The molecule has 0 aromatic heterocycles. The van der Waals surface area contributed by atoms with Crippen LogP contribution in [0.1, 0.15) is 10.4 Å². The molecule has 0 aliphatic rings. The van der Waals surface area contributed by atoms with Gasteiger partial charge in [-0.25, -0.2) is 8.78 Å². The van der Waals surface area contributed by atoms with Crippen molar-refractivity contribution in [1.82, 2.24) is 0 Å². The number of nitrogen functional groups attached to an aromatic ring is 1. The maximum Gasteiger partial charge on any atom is 0.274 e. The number of non-ortho nitro benzene ring substituents is 1. The van der Waals surface area contributed by atoms with E-state index in [0.717, 1.165) is 24.3 Å². The highest BCUT2D eigenvalue weighted by molar-refractivity contribution is 6.07. The molecule has 8 heteroatoms. The molecule has 0 aliphatic heterocycles. The van der Waals surface area contributed by atoms with Crippen LogP contribution in [0.3, 0.4) is 0 Å². The van der Waals surface area contributed by atoms with Crippen molar-refractivity contribution in [2.45, 2.75) is 0 Å². The maximum absolute atomic E-state index is 13.2. The first-order chi connectivity index (χ1) is 9.86. The molecule has 0 saturated carbocycles. The number of amides is 1. The summed E-state index contributed by atoms with van der Waals surface area (Å²) in [6.45, 7) is 0. The fourth-order valence-corrected chi connectivity index (χ4v) is 1.68. The summed E-state index contributed by atoms with van der Waals surface area (Å²) in [4.78, 5) is 21.7. The second-order valence-corrected chi connectivity index (χ2v) is 4.14. The van der Waals surface area contributed by atoms with Gasteiger partial charge in [0.1, 0.15) is 11.6 Å². The summed E-state index contributed by atoms with van der Waals surface area (Å²) in [5.41, 5.74) is 4.77. The minimum atomic E-state index is -0.883. The van der Waals surface area contributed by atoms with E-state index in [-0.39, 0.29) is 16.9 Å². The average molecular weight is 293 g/mol. The van der Waals surface area contributed by atoms with Crippen LogP contribution in [0.2, 0.25) is 0 Å². The Labute approximate surface area is 117 Å². The first kappa shape index (κ1) is 14.4. The summed E-state index contributed by atoms with van der Waals surface area (Å²) in [6, 6.07) is 5.80. The summed E-state index contributed by atoms with van der Waals surface area (Å²) >= 11 is 0. The predicted octanol–water partition coefficient (Wildman–Crippen LogP) is 2.71. The molecule has 0 atom stereocenters. The Kier molecular flexibility index (Phi) is 3.79. The Hall–Kier alpha value is -3.03. The van der Waals surface area contributed by atoms with Gasteiger partial charge in [-0.1, -0.05) is 0 Å². The van der Waals surface area contributed by atoms with Gasteiger partial charge in [0.05, 0.1) is 22.2 Å². The number of halogens is 2. The average Bonchev–Trinajstić information content (AvgIpc) is 2.40. The van der Waals surface area contributed by atoms with Gasteiger partial charge in [-0.05, 0) is 24.3 Å². The number of rotatable bonds is 3. The topological polar surface area (TPSA) is 98.3 Å². The molecule has 2 aromatic carbocycles. The normalized spacial score (nSPS) is 10.2. The third kappa shape index (κ3) is 3.30. The van der Waals surface area contributed by atoms with E-state index >= 15 is 0 Å². The lowest BCUT2D eigenvalue weighted by molar-refractivity contribution is -0.385. The second-order valence-electron chi connectivity index (χ2n) is 4.14. The molecule has 21 heavy (non-hydrogen) atoms. The Balaban J connectivity index is 2.31. The lowest BCUT2D eigenvalue weighted by Crippen LogP contribution is -2.14. The highest BCUT2D eigenvalue weighted by Gasteiger charge is 2.14. The molecule has 2 aromatic rings. The number of carbonyl (C=O) groups is 1. The van der Waals surface area contributed by atoms with Crippen LogP contribution in [0.4, 0.5) is 25.8 Å². The SMILES string of the molecule is Nc1ccc(F)cc1C(=O)Nc1cc(F)cc([N+](=O)[O-])c1. The van der Waals surface area contributed by atoms with Crippen LogP contribution in [0, 0.1) is 21.7 Å². The Morgan fingerprint density at radius 1 is 1.14 bits per heavy atom. The fourth-order valence-electron chi connectivity index (χ4n) is 1.68. The molecule has 0 spiro atoms. The van der Waals surface area contributed by atoms with Gasteiger partial charge < -0.3 is 11.1 Å². The van der Waals surface area contributed by atoms with Gasteiger partial charge in [0, 0.05) is 11.8 Å². The van der Waals surface area contributed by atoms with Crippen LogP contribution in [0.15, 0.2) is 36.4 Å². The molecule has 0 heterocycles. The van der Waals surface area contributed by atoms with Gasteiger partial charge in [0.15, 0.2) is 0 Å². The monoisotopic (exact) mass is 293 g/mol. The molecule has 1 amide bonds. The second kappa shape index (κ2) is 5.53. The number of nitro benzene ring substituents is 1. The van der Waals surface area contributed by atoms with E-state index < -0.39 is 28.2 Å². The summed E-state index contributed by atoms with van der Waals surface area (Å²) in [5.74, 6) is -2.35. The molecule has 0 aliphatic carbocycles. The van der Waals surface area contributed by atoms with Gasteiger partial charge in [-0.15, -0.1) is 0 Å². The molecule has 3 N–H and O–H groups in total. The van der Waals surface area contributed by atoms with Crippen LogP contribution in [-0.4, -0.2) is 10.8 Å². The number of carbonyl (C=O) groups excluding carboxylic acids is 1. The van der Waals surface area contributed by atoms with Crippen molar-refractivity contribution in [3.63, 3.8) is 0 Å². The zero-order valence-electron chi connectivity index (χ0n) is 10.5. The number of nitrogens with two attached hydrogens (primary N) is 1. The van der Waals surface area contributed by atoms with Gasteiger partial charge in [-0.3, -0.25) is 14.9 Å². The van der Waals surface area contributed by atoms with E-state index in [0.29, 0.717) is 6.07 Å². The number of hydrogen-bond acceptors (Lipinski definition) is 4. The minimum absolute atomic E-state index is 0.0276. The molecule has 0 saturated heterocycles. The number of hydrogen-bond donors (Lipinski definition) is 2. The first-order valence-corrected chi connectivity index (χ1v) is 5.68. The molecule has 0 radical (unpaired) electrons. The maximum atomic E-state index is 13.2. The molecule has 2 rings (SSSR count). The van der Waals surface area contributed by atoms with Crippen LogP contribution in [0.25, 0.3) is 0 Å². The lowest BCUT2D eigenvalue weighted by atomic mass is 10.1. The minimum Gasteiger partial charge on any atom is -0.398 e. The number of anilines is 2. The zero-order chi connectivity index (χ0) is 15.6. The summed E-state index contributed by atoms with van der Waals surface area (Å²) in [6.07, 6.45) is 0. The predicted molar refractivity (Wildman–Crippen MR) is 71.8 cm³/mol. The Morgan fingerprint density at radius 2 is 1.86 bits per heavy atom. The number of nitrogens with zero attached hydrogens (tertiary/aromatic N) is 1. The molecular weight excluding hydrogens is 284 g/mol. The van der Waals surface area contributed by atoms with Gasteiger partial charge in [0.25, 0.3) is 11.6 Å². The van der Waals surface area contributed by atoms with Gasteiger partial charge >= 0.3 is 0 Å². The van der Waals surface area contributed by atoms with Crippen LogP contribution >= 0.6 is 0 Å². The van der Waals surface area contributed by atoms with Crippen molar-refractivity contribution in [2.75, 3.05) is 11.1 Å². The Bertz CT molecular complexity index is 735. The molecule has 108 valence electrons. The van der Waals surface area contributed by atoms with Crippen molar-refractivity contribution in [3.8, 4) is 0 Å². The standard InChI is InChI=1S/C13H9F2N3O3/c14-7-1-2-12(16)11(5-7)13(19)17-9-3-8(15)4-10(6-9)18(20)21/h1-6H,16H2,(H,17,19). The fraction of sp³-hybridized carbons (Fsp3) is 0. The molecule has 0 unspecified atom stereocenters. The third-order valence-corrected chi connectivity index (χ3v) is 2.61. The van der Waals surface area contributed by atoms with Crippen LogP contribution < -0.4 is 11.1 Å². The van der Waals surface area contributed by atoms with Gasteiger partial charge in [0.2, 0.25) is 0 Å². The Morgan fingerprint density at radius 3 is 2.52 bits per heavy atom. The number of benzene rings is 2. The quantitative estimate of drug-likeness (QED) is 0.516. The lowest BCUT2D eigenvalue weighted by Gasteiger charge is -2.08. The summed E-state index contributed by atoms with van der Waals surface area (Å²) in [7, 11) is 0. The van der Waals surface area contributed by atoms with E-state index in [1.165, 1.54) is 6.07 Å². The van der Waals surface area contributed by atoms with E-state index in [9.17, 15) is 23.7 Å². The molecule has 6 nitrogen and oxygen atoms in total. The van der Waals surface area contributed by atoms with E-state index in [2.05, 4.69) is 5.32 Å². The van der Waals surface area contributed by atoms with Crippen LogP contribution in [-0.2, 0) is 0 Å². The number of nitro groups is 1.